The van der Waals surface area contributed by atoms with Gasteiger partial charge in [0.1, 0.15) is 6.61 Å². The van der Waals surface area contributed by atoms with Gasteiger partial charge in [0.05, 0.1) is 36.7 Å². The lowest BCUT2D eigenvalue weighted by molar-refractivity contribution is -0.128. The highest BCUT2D eigenvalue weighted by Crippen LogP contribution is 2.40. The molecule has 2 fully saturated rings. The molecule has 178 valence electrons. The smallest absolute Gasteiger partial charge is 0.246 e. The summed E-state index contributed by atoms with van der Waals surface area (Å²) in [7, 11) is 0. The second-order valence-electron chi connectivity index (χ2n) is 10.4. The topological polar surface area (TPSA) is 85.8 Å². The van der Waals surface area contributed by atoms with E-state index >= 15 is 0 Å². The van der Waals surface area contributed by atoms with Crippen molar-refractivity contribution in [3.8, 4) is 0 Å². The molecule has 8 heteroatoms. The highest BCUT2D eigenvalue weighted by atomic mass is 16.5. The molecule has 4 rings (SSSR count). The molecule has 8 nitrogen and oxygen atoms in total. The second kappa shape index (κ2) is 10.0. The first-order valence-electron chi connectivity index (χ1n) is 12.0. The molecule has 1 amide bonds. The van der Waals surface area contributed by atoms with Gasteiger partial charge in [0, 0.05) is 31.5 Å². The van der Waals surface area contributed by atoms with Gasteiger partial charge in [0.15, 0.2) is 0 Å². The molecule has 1 aliphatic carbocycles. The largest absolute Gasteiger partial charge is 0.376 e. The zero-order valence-electron chi connectivity index (χ0n) is 19.9. The summed E-state index contributed by atoms with van der Waals surface area (Å²) in [6, 6.07) is -0.104. The lowest BCUT2D eigenvalue weighted by Crippen LogP contribution is -2.46. The minimum atomic E-state index is -0.104. The predicted octanol–water partition coefficient (Wildman–Crippen LogP) is 2.81. The van der Waals surface area contributed by atoms with Crippen molar-refractivity contribution in [2.45, 2.75) is 84.2 Å². The van der Waals surface area contributed by atoms with Crippen molar-refractivity contribution in [2.75, 3.05) is 37.8 Å². The lowest BCUT2D eigenvalue weighted by Gasteiger charge is -2.38. The number of hydrogen-bond donors (Lipinski definition) is 1. The van der Waals surface area contributed by atoms with Crippen LogP contribution in [0, 0.1) is 5.41 Å². The molecule has 4 atom stereocenters. The molecule has 1 aromatic rings. The van der Waals surface area contributed by atoms with Crippen molar-refractivity contribution in [1.82, 2.24) is 15.3 Å². The normalized spacial score (nSPS) is 29.9. The van der Waals surface area contributed by atoms with Crippen LogP contribution in [0.3, 0.4) is 0 Å². The van der Waals surface area contributed by atoms with Crippen LogP contribution in [0.25, 0.3) is 0 Å². The van der Waals surface area contributed by atoms with Crippen LogP contribution in [0.4, 0.5) is 5.95 Å². The number of nitrogens with zero attached hydrogens (tertiary/aromatic N) is 3. The van der Waals surface area contributed by atoms with E-state index in [0.717, 1.165) is 62.6 Å². The molecular weight excluding hydrogens is 408 g/mol. The molecular formula is C24H38N4O4. The van der Waals surface area contributed by atoms with E-state index in [1.54, 1.807) is 0 Å². The van der Waals surface area contributed by atoms with E-state index in [-0.39, 0.29) is 42.3 Å². The van der Waals surface area contributed by atoms with E-state index in [1.807, 2.05) is 6.20 Å². The summed E-state index contributed by atoms with van der Waals surface area (Å²) in [6.45, 7) is 11.5. The van der Waals surface area contributed by atoms with Crippen molar-refractivity contribution in [3.63, 3.8) is 0 Å². The summed E-state index contributed by atoms with van der Waals surface area (Å²) in [5.74, 6) is 0.652. The van der Waals surface area contributed by atoms with Crippen molar-refractivity contribution < 1.29 is 19.0 Å². The van der Waals surface area contributed by atoms with Gasteiger partial charge in [-0.05, 0) is 51.4 Å². The third-order valence-corrected chi connectivity index (χ3v) is 6.51. The van der Waals surface area contributed by atoms with Gasteiger partial charge in [-0.2, -0.15) is 0 Å². The molecule has 1 N–H and O–H groups in total. The first-order chi connectivity index (χ1) is 15.3. The number of amides is 1. The molecule has 0 radical (unpaired) electrons. The molecule has 3 aliphatic rings. The maximum absolute atomic E-state index is 12.6. The fourth-order valence-electron chi connectivity index (χ4n) is 5.12. The van der Waals surface area contributed by atoms with Gasteiger partial charge in [0.25, 0.3) is 0 Å². The molecule has 0 saturated carbocycles. The molecule has 0 aromatic carbocycles. The Hall–Kier alpha value is -1.77. The molecule has 2 saturated heterocycles. The highest BCUT2D eigenvalue weighted by Gasteiger charge is 2.35. The molecule has 0 bridgehead atoms. The van der Waals surface area contributed by atoms with Gasteiger partial charge >= 0.3 is 0 Å². The maximum atomic E-state index is 12.6. The van der Waals surface area contributed by atoms with Crippen molar-refractivity contribution in [2.24, 2.45) is 5.41 Å². The number of nitrogens with one attached hydrogen (secondary N) is 1. The maximum Gasteiger partial charge on any atom is 0.246 e. The van der Waals surface area contributed by atoms with Crippen LogP contribution in [0.15, 0.2) is 6.20 Å². The number of ether oxygens (including phenoxy) is 3. The Labute approximate surface area is 191 Å². The number of fused-ring (bicyclic) bond motifs is 1. The quantitative estimate of drug-likeness (QED) is 0.719. The Morgan fingerprint density at radius 1 is 1.28 bits per heavy atom. The molecule has 1 aromatic heterocycles. The van der Waals surface area contributed by atoms with Gasteiger partial charge in [-0.1, -0.05) is 13.8 Å². The summed E-state index contributed by atoms with van der Waals surface area (Å²) in [5.41, 5.74) is 2.09. The Kier molecular flexibility index (Phi) is 7.32. The monoisotopic (exact) mass is 446 g/mol. The standard InChI is InChI=1S/C24H38N4O4/c1-16-12-28(13-17(2)32-16)23-25-11-19-20(9-24(3,4)10-21(19)27-23)26-22(29)15-30-14-18-7-5-6-8-31-18/h11,16-18,20H,5-10,12-15H2,1-4H3,(H,26,29)/t16-,17-,18-,20+/m1/s1. The average Bonchev–Trinajstić information content (AvgIpc) is 2.72. The number of carbonyl (C=O) groups excluding carboxylic acids is 1. The molecule has 2 aliphatic heterocycles. The first kappa shape index (κ1) is 23.4. The SMILES string of the molecule is C[C@@H]1CN(c2ncc3c(n2)CC(C)(C)C[C@@H]3NC(=O)COC[C@H]2CCCCO2)C[C@@H](C)O1. The number of rotatable bonds is 6. The van der Waals surface area contributed by atoms with Crippen molar-refractivity contribution >= 4 is 11.9 Å². The summed E-state index contributed by atoms with van der Waals surface area (Å²) in [5, 5.41) is 3.16. The van der Waals surface area contributed by atoms with Crippen LogP contribution in [-0.2, 0) is 25.4 Å². The van der Waals surface area contributed by atoms with Crippen LogP contribution in [0.1, 0.15) is 70.7 Å². The van der Waals surface area contributed by atoms with Gasteiger partial charge in [-0.3, -0.25) is 4.79 Å². The van der Waals surface area contributed by atoms with Gasteiger partial charge in [0.2, 0.25) is 11.9 Å². The van der Waals surface area contributed by atoms with E-state index in [0.29, 0.717) is 6.61 Å². The summed E-state index contributed by atoms with van der Waals surface area (Å²) in [6.07, 6.45) is 7.33. The van der Waals surface area contributed by atoms with Gasteiger partial charge in [-0.15, -0.1) is 0 Å². The zero-order chi connectivity index (χ0) is 22.7. The molecule has 3 heterocycles. The van der Waals surface area contributed by atoms with Gasteiger partial charge < -0.3 is 24.4 Å². The molecule has 0 unspecified atom stereocenters. The molecule has 32 heavy (non-hydrogen) atoms. The Bertz CT molecular complexity index is 786. The van der Waals surface area contributed by atoms with Crippen molar-refractivity contribution in [3.05, 3.63) is 17.5 Å². The predicted molar refractivity (Wildman–Crippen MR) is 122 cm³/mol. The van der Waals surface area contributed by atoms with E-state index < -0.39 is 0 Å². The number of anilines is 1. The number of hydrogen-bond acceptors (Lipinski definition) is 7. The number of carbonyl (C=O) groups is 1. The fourth-order valence-corrected chi connectivity index (χ4v) is 5.12. The third-order valence-electron chi connectivity index (χ3n) is 6.51. The highest BCUT2D eigenvalue weighted by molar-refractivity contribution is 5.77. The van der Waals surface area contributed by atoms with E-state index in [4.69, 9.17) is 19.2 Å². The van der Waals surface area contributed by atoms with E-state index in [2.05, 4.69) is 42.9 Å². The van der Waals surface area contributed by atoms with Crippen molar-refractivity contribution in [1.29, 1.82) is 0 Å². The summed E-state index contributed by atoms with van der Waals surface area (Å²) < 4.78 is 17.2. The van der Waals surface area contributed by atoms with E-state index in [1.165, 1.54) is 6.42 Å². The second-order valence-corrected chi connectivity index (χ2v) is 10.4. The van der Waals surface area contributed by atoms with E-state index in [9.17, 15) is 4.79 Å². The number of aromatic nitrogens is 2. The zero-order valence-corrected chi connectivity index (χ0v) is 19.9. The van der Waals surface area contributed by atoms with Crippen LogP contribution >= 0.6 is 0 Å². The van der Waals surface area contributed by atoms with Crippen LogP contribution < -0.4 is 10.2 Å². The third kappa shape index (κ3) is 5.97. The Morgan fingerprint density at radius 3 is 2.78 bits per heavy atom. The lowest BCUT2D eigenvalue weighted by atomic mass is 9.74. The number of morpholine rings is 1. The summed E-state index contributed by atoms with van der Waals surface area (Å²) in [4.78, 5) is 24.4. The average molecular weight is 447 g/mol. The Morgan fingerprint density at radius 2 is 2.06 bits per heavy atom. The van der Waals surface area contributed by atoms with Crippen LogP contribution in [0.5, 0.6) is 0 Å². The fraction of sp³-hybridized carbons (Fsp3) is 0.792. The minimum Gasteiger partial charge on any atom is -0.376 e. The van der Waals surface area contributed by atoms with Crippen LogP contribution in [0.2, 0.25) is 0 Å². The first-order valence-corrected chi connectivity index (χ1v) is 12.0. The van der Waals surface area contributed by atoms with Gasteiger partial charge in [-0.25, -0.2) is 9.97 Å². The molecule has 0 spiro atoms. The van der Waals surface area contributed by atoms with Crippen LogP contribution in [-0.4, -0.2) is 67.1 Å². The Balaban J connectivity index is 1.40. The summed E-state index contributed by atoms with van der Waals surface area (Å²) >= 11 is 0. The minimum absolute atomic E-state index is 0.0406.